The van der Waals surface area contributed by atoms with E-state index in [0.29, 0.717) is 0 Å². The number of nitrogens with zero attached hydrogens (tertiary/aromatic N) is 1. The molecule has 0 fully saturated rings. The Morgan fingerprint density at radius 2 is 1.87 bits per heavy atom. The Morgan fingerprint density at radius 3 is 2.39 bits per heavy atom. The van der Waals surface area contributed by atoms with Crippen LogP contribution in [-0.2, 0) is 24.3 Å². The largest absolute Gasteiger partial charge is 0.460 e. The predicted octanol–water partition coefficient (Wildman–Crippen LogP) is 1.18. The Kier molecular flexibility index (Phi) is 6.22. The Hall–Kier alpha value is -2.00. The van der Waals surface area contributed by atoms with Gasteiger partial charge in [0.1, 0.15) is 5.82 Å². The van der Waals surface area contributed by atoms with Crippen LogP contribution < -0.4 is 0 Å². The molecule has 1 rings (SSSR count). The third-order valence-corrected chi connectivity index (χ3v) is 4.44. The van der Waals surface area contributed by atoms with Gasteiger partial charge in [0.25, 0.3) is 0 Å². The highest BCUT2D eigenvalue weighted by Gasteiger charge is 2.22. The average Bonchev–Trinajstić information content (AvgIpc) is 2.44. The highest BCUT2D eigenvalue weighted by molar-refractivity contribution is 7.89. The van der Waals surface area contributed by atoms with Crippen LogP contribution in [0, 0.1) is 5.82 Å². The number of halogens is 1. The standard InChI is InChI=1S/C14H18FNO6S/c1-9(2)22-13(17)8-21-14(18)11-7-10(5-6-12(11)15)23(19,20)16(3)4/h5-7,9H,8H2,1-4H3. The van der Waals surface area contributed by atoms with Crippen molar-refractivity contribution in [2.45, 2.75) is 24.8 Å². The van der Waals surface area contributed by atoms with Gasteiger partial charge in [-0.05, 0) is 32.0 Å². The SMILES string of the molecule is CC(C)OC(=O)COC(=O)c1cc(S(=O)(=O)N(C)C)ccc1F. The van der Waals surface area contributed by atoms with Gasteiger partial charge in [-0.3, -0.25) is 0 Å². The monoisotopic (exact) mass is 347 g/mol. The molecule has 0 aliphatic heterocycles. The number of benzene rings is 1. The minimum Gasteiger partial charge on any atom is -0.460 e. The third kappa shape index (κ3) is 5.00. The van der Waals surface area contributed by atoms with Crippen LogP contribution in [0.3, 0.4) is 0 Å². The first-order valence-electron chi connectivity index (χ1n) is 6.64. The summed E-state index contributed by atoms with van der Waals surface area (Å²) in [6.45, 7) is 2.55. The molecular formula is C14H18FNO6S. The van der Waals surface area contributed by atoms with Crippen molar-refractivity contribution in [1.29, 1.82) is 0 Å². The van der Waals surface area contributed by atoms with E-state index in [2.05, 4.69) is 4.74 Å². The third-order valence-electron chi connectivity index (χ3n) is 2.62. The van der Waals surface area contributed by atoms with E-state index >= 15 is 0 Å². The fourth-order valence-electron chi connectivity index (χ4n) is 1.53. The van der Waals surface area contributed by atoms with Gasteiger partial charge in [-0.2, -0.15) is 0 Å². The molecule has 9 heteroatoms. The van der Waals surface area contributed by atoms with Crippen molar-refractivity contribution in [2.75, 3.05) is 20.7 Å². The molecule has 0 aliphatic rings. The van der Waals surface area contributed by atoms with E-state index in [1.54, 1.807) is 13.8 Å². The zero-order valence-corrected chi connectivity index (χ0v) is 14.0. The van der Waals surface area contributed by atoms with E-state index in [1.165, 1.54) is 14.1 Å². The Morgan fingerprint density at radius 1 is 1.26 bits per heavy atom. The minimum atomic E-state index is -3.83. The van der Waals surface area contributed by atoms with Crippen LogP contribution in [0.5, 0.6) is 0 Å². The van der Waals surface area contributed by atoms with Crippen LogP contribution in [0.4, 0.5) is 4.39 Å². The highest BCUT2D eigenvalue weighted by Crippen LogP contribution is 2.18. The zero-order chi connectivity index (χ0) is 17.8. The summed E-state index contributed by atoms with van der Waals surface area (Å²) in [6.07, 6.45) is -0.383. The molecule has 7 nitrogen and oxygen atoms in total. The van der Waals surface area contributed by atoms with Gasteiger partial charge >= 0.3 is 11.9 Å². The number of hydrogen-bond donors (Lipinski definition) is 0. The molecule has 0 amide bonds. The minimum absolute atomic E-state index is 0.263. The van der Waals surface area contributed by atoms with Gasteiger partial charge in [0.2, 0.25) is 10.0 Å². The number of ether oxygens (including phenoxy) is 2. The van der Waals surface area contributed by atoms with Crippen LogP contribution in [0.2, 0.25) is 0 Å². The van der Waals surface area contributed by atoms with Gasteiger partial charge in [-0.15, -0.1) is 0 Å². The maximum Gasteiger partial charge on any atom is 0.344 e. The molecule has 1 aromatic rings. The van der Waals surface area contributed by atoms with Gasteiger partial charge in [-0.1, -0.05) is 0 Å². The lowest BCUT2D eigenvalue weighted by atomic mass is 10.2. The molecular weight excluding hydrogens is 329 g/mol. The summed E-state index contributed by atoms with van der Waals surface area (Å²) in [5.41, 5.74) is -0.578. The summed E-state index contributed by atoms with van der Waals surface area (Å²) in [5, 5.41) is 0. The van der Waals surface area contributed by atoms with Crippen molar-refractivity contribution in [3.05, 3.63) is 29.6 Å². The summed E-state index contributed by atoms with van der Waals surface area (Å²) in [5.74, 6) is -2.89. The molecule has 0 N–H and O–H groups in total. The topological polar surface area (TPSA) is 90.0 Å². The molecule has 0 spiro atoms. The highest BCUT2D eigenvalue weighted by atomic mass is 32.2. The van der Waals surface area contributed by atoms with Gasteiger partial charge in [0.15, 0.2) is 6.61 Å². The number of sulfonamides is 1. The van der Waals surface area contributed by atoms with Crippen LogP contribution in [0.25, 0.3) is 0 Å². The molecule has 1 aromatic carbocycles. The van der Waals surface area contributed by atoms with Crippen LogP contribution in [-0.4, -0.2) is 51.5 Å². The maximum absolute atomic E-state index is 13.7. The summed E-state index contributed by atoms with van der Waals surface area (Å²) < 4.78 is 48.0. The van der Waals surface area contributed by atoms with Crippen molar-refractivity contribution >= 4 is 22.0 Å². The van der Waals surface area contributed by atoms with Crippen molar-refractivity contribution in [3.8, 4) is 0 Å². The first kappa shape index (κ1) is 19.0. The zero-order valence-electron chi connectivity index (χ0n) is 13.2. The van der Waals surface area contributed by atoms with E-state index < -0.39 is 39.9 Å². The molecule has 0 saturated heterocycles. The molecule has 0 unspecified atom stereocenters. The lowest BCUT2D eigenvalue weighted by Gasteiger charge is -2.13. The smallest absolute Gasteiger partial charge is 0.344 e. The second-order valence-corrected chi connectivity index (χ2v) is 7.20. The average molecular weight is 347 g/mol. The fraction of sp³-hybridized carbons (Fsp3) is 0.429. The molecule has 0 heterocycles. The van der Waals surface area contributed by atoms with Crippen molar-refractivity contribution < 1.29 is 31.9 Å². The van der Waals surface area contributed by atoms with Gasteiger partial charge in [0, 0.05) is 14.1 Å². The van der Waals surface area contributed by atoms with Gasteiger partial charge in [0.05, 0.1) is 16.6 Å². The normalized spacial score (nSPS) is 11.6. The number of rotatable bonds is 6. The summed E-state index contributed by atoms with van der Waals surface area (Å²) in [7, 11) is -1.22. The van der Waals surface area contributed by atoms with E-state index in [-0.39, 0.29) is 11.0 Å². The maximum atomic E-state index is 13.7. The van der Waals surface area contributed by atoms with E-state index in [1.807, 2.05) is 0 Å². The van der Waals surface area contributed by atoms with E-state index in [4.69, 9.17) is 4.74 Å². The van der Waals surface area contributed by atoms with Crippen molar-refractivity contribution in [1.82, 2.24) is 4.31 Å². The van der Waals surface area contributed by atoms with Gasteiger partial charge in [-0.25, -0.2) is 26.7 Å². The summed E-state index contributed by atoms with van der Waals surface area (Å²) in [6, 6.07) is 2.74. The van der Waals surface area contributed by atoms with Crippen molar-refractivity contribution in [2.24, 2.45) is 0 Å². The molecule has 0 atom stereocenters. The molecule has 0 aromatic heterocycles. The lowest BCUT2D eigenvalue weighted by Crippen LogP contribution is -2.23. The summed E-state index contributed by atoms with van der Waals surface area (Å²) >= 11 is 0. The molecule has 0 aliphatic carbocycles. The van der Waals surface area contributed by atoms with Crippen molar-refractivity contribution in [3.63, 3.8) is 0 Å². The molecule has 0 bridgehead atoms. The van der Waals surface area contributed by atoms with Crippen LogP contribution in [0.15, 0.2) is 23.1 Å². The molecule has 0 saturated carbocycles. The molecule has 128 valence electrons. The number of carbonyl (C=O) groups is 2. The quantitative estimate of drug-likeness (QED) is 0.718. The molecule has 23 heavy (non-hydrogen) atoms. The Balaban J connectivity index is 2.96. The number of hydrogen-bond acceptors (Lipinski definition) is 6. The van der Waals surface area contributed by atoms with Crippen LogP contribution >= 0.6 is 0 Å². The lowest BCUT2D eigenvalue weighted by molar-refractivity contribution is -0.151. The second-order valence-electron chi connectivity index (χ2n) is 5.04. The number of carbonyl (C=O) groups excluding carboxylic acids is 2. The second kappa shape index (κ2) is 7.51. The van der Waals surface area contributed by atoms with E-state index in [9.17, 15) is 22.4 Å². The summed E-state index contributed by atoms with van der Waals surface area (Å²) in [4.78, 5) is 22.9. The Labute approximate surface area is 134 Å². The Bertz CT molecular complexity index is 699. The fourth-order valence-corrected chi connectivity index (χ4v) is 2.46. The van der Waals surface area contributed by atoms with E-state index in [0.717, 1.165) is 22.5 Å². The predicted molar refractivity (Wildman–Crippen MR) is 78.8 cm³/mol. The first-order chi connectivity index (χ1) is 10.6. The first-order valence-corrected chi connectivity index (χ1v) is 8.08. The molecule has 0 radical (unpaired) electrons. The number of esters is 2. The van der Waals surface area contributed by atoms with Crippen LogP contribution in [0.1, 0.15) is 24.2 Å². The van der Waals surface area contributed by atoms with Gasteiger partial charge < -0.3 is 9.47 Å².